The molecule has 0 unspecified atom stereocenters. The molecule has 1 aliphatic carbocycles. The number of rotatable bonds is 5. The molecule has 3 N–H and O–H groups in total. The van der Waals surface area contributed by atoms with Gasteiger partial charge in [0.2, 0.25) is 0 Å². The first-order valence-corrected chi connectivity index (χ1v) is 6.32. The molecule has 1 amide bonds. The SMILES string of the molecule is CCn1nc(C)c(N)c1C(=O)OCC(=O)NC1CC1. The third kappa shape index (κ3) is 3.04. The first kappa shape index (κ1) is 13.4. The predicted octanol–water partition coefficient (Wildman–Crippen LogP) is 0.229. The topological polar surface area (TPSA) is 99.2 Å². The van der Waals surface area contributed by atoms with Gasteiger partial charge in [0.05, 0.1) is 11.4 Å². The van der Waals surface area contributed by atoms with Crippen molar-refractivity contribution in [2.24, 2.45) is 0 Å². The second-order valence-electron chi connectivity index (χ2n) is 4.58. The van der Waals surface area contributed by atoms with Gasteiger partial charge in [-0.15, -0.1) is 0 Å². The first-order chi connectivity index (χ1) is 9.02. The first-order valence-electron chi connectivity index (χ1n) is 6.32. The van der Waals surface area contributed by atoms with E-state index < -0.39 is 5.97 Å². The lowest BCUT2D eigenvalue weighted by Gasteiger charge is -2.07. The number of carbonyl (C=O) groups excluding carboxylic acids is 2. The molecule has 0 spiro atoms. The van der Waals surface area contributed by atoms with E-state index in [1.54, 1.807) is 6.92 Å². The van der Waals surface area contributed by atoms with Crippen molar-refractivity contribution in [2.75, 3.05) is 12.3 Å². The molecule has 0 atom stereocenters. The smallest absolute Gasteiger partial charge is 0.359 e. The summed E-state index contributed by atoms with van der Waals surface area (Å²) in [5.41, 5.74) is 6.88. The van der Waals surface area contributed by atoms with E-state index in [1.807, 2.05) is 6.92 Å². The van der Waals surface area contributed by atoms with E-state index in [1.165, 1.54) is 4.68 Å². The number of nitrogens with zero attached hydrogens (tertiary/aromatic N) is 2. The Balaban J connectivity index is 1.97. The van der Waals surface area contributed by atoms with Crippen LogP contribution < -0.4 is 11.1 Å². The van der Waals surface area contributed by atoms with Crippen LogP contribution in [0.5, 0.6) is 0 Å². The van der Waals surface area contributed by atoms with E-state index in [2.05, 4.69) is 10.4 Å². The number of aromatic nitrogens is 2. The molecule has 0 aliphatic heterocycles. The zero-order valence-corrected chi connectivity index (χ0v) is 11.1. The Morgan fingerprint density at radius 1 is 1.53 bits per heavy atom. The van der Waals surface area contributed by atoms with Crippen LogP contribution in [0, 0.1) is 6.92 Å². The maximum absolute atomic E-state index is 11.9. The zero-order valence-electron chi connectivity index (χ0n) is 11.1. The van der Waals surface area contributed by atoms with Gasteiger partial charge < -0.3 is 15.8 Å². The molecule has 1 heterocycles. The van der Waals surface area contributed by atoms with Crippen molar-refractivity contribution in [1.82, 2.24) is 15.1 Å². The van der Waals surface area contributed by atoms with Crippen molar-refractivity contribution in [1.29, 1.82) is 0 Å². The standard InChI is InChI=1S/C12H18N4O3/c1-3-16-11(10(13)7(2)15-16)12(18)19-6-9(17)14-8-4-5-8/h8H,3-6,13H2,1-2H3,(H,14,17). The van der Waals surface area contributed by atoms with E-state index >= 15 is 0 Å². The summed E-state index contributed by atoms with van der Waals surface area (Å²) >= 11 is 0. The van der Waals surface area contributed by atoms with Crippen molar-refractivity contribution in [3.8, 4) is 0 Å². The van der Waals surface area contributed by atoms with Crippen molar-refractivity contribution in [3.05, 3.63) is 11.4 Å². The largest absolute Gasteiger partial charge is 0.451 e. The van der Waals surface area contributed by atoms with E-state index in [9.17, 15) is 9.59 Å². The molecule has 19 heavy (non-hydrogen) atoms. The van der Waals surface area contributed by atoms with Gasteiger partial charge in [0, 0.05) is 12.6 Å². The summed E-state index contributed by atoms with van der Waals surface area (Å²) in [6.45, 7) is 3.79. The van der Waals surface area contributed by atoms with Gasteiger partial charge in [-0.2, -0.15) is 5.10 Å². The third-order valence-electron chi connectivity index (χ3n) is 2.94. The molecule has 0 bridgehead atoms. The summed E-state index contributed by atoms with van der Waals surface area (Å²) < 4.78 is 6.44. The highest BCUT2D eigenvalue weighted by Crippen LogP contribution is 2.19. The van der Waals surface area contributed by atoms with Crippen LogP contribution in [0.2, 0.25) is 0 Å². The van der Waals surface area contributed by atoms with Gasteiger partial charge in [0.25, 0.3) is 5.91 Å². The molecular formula is C12H18N4O3. The maximum Gasteiger partial charge on any atom is 0.359 e. The van der Waals surface area contributed by atoms with Gasteiger partial charge in [-0.3, -0.25) is 9.48 Å². The maximum atomic E-state index is 11.9. The highest BCUT2D eigenvalue weighted by Gasteiger charge is 2.25. The Morgan fingerprint density at radius 2 is 2.21 bits per heavy atom. The number of hydrogen-bond acceptors (Lipinski definition) is 5. The fourth-order valence-corrected chi connectivity index (χ4v) is 1.74. The van der Waals surface area contributed by atoms with Crippen molar-refractivity contribution in [3.63, 3.8) is 0 Å². The molecule has 104 valence electrons. The Hall–Kier alpha value is -2.05. The number of hydrogen-bond donors (Lipinski definition) is 2. The van der Waals surface area contributed by atoms with Crippen LogP contribution in [0.3, 0.4) is 0 Å². The van der Waals surface area contributed by atoms with Crippen LogP contribution in [0.4, 0.5) is 5.69 Å². The monoisotopic (exact) mass is 266 g/mol. The molecule has 0 radical (unpaired) electrons. The highest BCUT2D eigenvalue weighted by atomic mass is 16.5. The number of anilines is 1. The minimum atomic E-state index is -0.620. The quantitative estimate of drug-likeness (QED) is 0.743. The Labute approximate surface area is 111 Å². The van der Waals surface area contributed by atoms with Crippen molar-refractivity contribution in [2.45, 2.75) is 39.3 Å². The van der Waals surface area contributed by atoms with Gasteiger partial charge >= 0.3 is 5.97 Å². The zero-order chi connectivity index (χ0) is 14.0. The Morgan fingerprint density at radius 3 is 2.79 bits per heavy atom. The number of ether oxygens (including phenoxy) is 1. The number of nitrogens with two attached hydrogens (primary N) is 1. The molecule has 7 heteroatoms. The summed E-state index contributed by atoms with van der Waals surface area (Å²) in [7, 11) is 0. The second kappa shape index (κ2) is 5.29. The summed E-state index contributed by atoms with van der Waals surface area (Å²) in [5, 5.41) is 6.86. The lowest BCUT2D eigenvalue weighted by Crippen LogP contribution is -2.30. The van der Waals surface area contributed by atoms with E-state index in [-0.39, 0.29) is 24.2 Å². The fourth-order valence-electron chi connectivity index (χ4n) is 1.74. The number of carbonyl (C=O) groups is 2. The van der Waals surface area contributed by atoms with E-state index in [0.29, 0.717) is 17.9 Å². The Kier molecular flexibility index (Phi) is 3.73. The number of nitrogen functional groups attached to an aromatic ring is 1. The van der Waals surface area contributed by atoms with Crippen LogP contribution in [0.1, 0.15) is 35.9 Å². The normalized spacial score (nSPS) is 14.2. The second-order valence-corrected chi connectivity index (χ2v) is 4.58. The Bertz CT molecular complexity index is 505. The number of amides is 1. The summed E-state index contributed by atoms with van der Waals surface area (Å²) in [6.07, 6.45) is 1.99. The molecule has 1 saturated carbocycles. The molecule has 1 aromatic heterocycles. The highest BCUT2D eigenvalue weighted by molar-refractivity contribution is 5.95. The minimum Gasteiger partial charge on any atom is -0.451 e. The van der Waals surface area contributed by atoms with Crippen LogP contribution in [-0.4, -0.2) is 34.3 Å². The molecule has 1 aromatic rings. The van der Waals surface area contributed by atoms with E-state index in [4.69, 9.17) is 10.5 Å². The molecule has 1 aliphatic rings. The van der Waals surface area contributed by atoms with Gasteiger partial charge in [0.15, 0.2) is 12.3 Å². The molecule has 0 aromatic carbocycles. The van der Waals surface area contributed by atoms with Crippen molar-refractivity contribution < 1.29 is 14.3 Å². The van der Waals surface area contributed by atoms with Gasteiger partial charge in [0.1, 0.15) is 0 Å². The lowest BCUT2D eigenvalue weighted by molar-refractivity contribution is -0.124. The molecule has 7 nitrogen and oxygen atoms in total. The number of nitrogens with one attached hydrogen (secondary N) is 1. The van der Waals surface area contributed by atoms with Crippen LogP contribution >= 0.6 is 0 Å². The van der Waals surface area contributed by atoms with Gasteiger partial charge in [-0.05, 0) is 26.7 Å². The summed E-state index contributed by atoms with van der Waals surface area (Å²) in [4.78, 5) is 23.4. The molecule has 1 fully saturated rings. The van der Waals surface area contributed by atoms with Crippen LogP contribution in [-0.2, 0) is 16.1 Å². The van der Waals surface area contributed by atoms with Gasteiger partial charge in [-0.25, -0.2) is 4.79 Å². The number of aryl methyl sites for hydroxylation is 2. The summed E-state index contributed by atoms with van der Waals surface area (Å²) in [5.74, 6) is -0.903. The average molecular weight is 266 g/mol. The van der Waals surface area contributed by atoms with Crippen molar-refractivity contribution >= 4 is 17.6 Å². The lowest BCUT2D eigenvalue weighted by atomic mass is 10.3. The van der Waals surface area contributed by atoms with E-state index in [0.717, 1.165) is 12.8 Å². The minimum absolute atomic E-state index is 0.208. The van der Waals surface area contributed by atoms with Crippen LogP contribution in [0.15, 0.2) is 0 Å². The van der Waals surface area contributed by atoms with Crippen LogP contribution in [0.25, 0.3) is 0 Å². The van der Waals surface area contributed by atoms with Gasteiger partial charge in [-0.1, -0.05) is 0 Å². The summed E-state index contributed by atoms with van der Waals surface area (Å²) in [6, 6.07) is 0.250. The predicted molar refractivity (Wildman–Crippen MR) is 68.5 cm³/mol. The molecule has 0 saturated heterocycles. The third-order valence-corrected chi connectivity index (χ3v) is 2.94. The molecular weight excluding hydrogens is 248 g/mol. The number of esters is 1. The fraction of sp³-hybridized carbons (Fsp3) is 0.583. The molecule has 2 rings (SSSR count). The average Bonchev–Trinajstić information content (AvgIpc) is 3.13.